The van der Waals surface area contributed by atoms with E-state index in [9.17, 15) is 0 Å². The topological polar surface area (TPSA) is 9.23 Å². The van der Waals surface area contributed by atoms with Gasteiger partial charge in [-0.15, -0.1) is 0 Å². The zero-order valence-electron chi connectivity index (χ0n) is 9.72. The Morgan fingerprint density at radius 2 is 2.00 bits per heavy atom. The van der Waals surface area contributed by atoms with E-state index >= 15 is 0 Å². The lowest BCUT2D eigenvalue weighted by Crippen LogP contribution is -2.37. The summed E-state index contributed by atoms with van der Waals surface area (Å²) in [7, 11) is 0. The maximum Gasteiger partial charge on any atom is 0.0522 e. The van der Waals surface area contributed by atoms with Gasteiger partial charge in [-0.2, -0.15) is 0 Å². The molecular formula is C13H24O. The smallest absolute Gasteiger partial charge is 0.0522 e. The van der Waals surface area contributed by atoms with Crippen molar-refractivity contribution in [2.75, 3.05) is 13.2 Å². The average Bonchev–Trinajstić information content (AvgIpc) is 2.19. The van der Waals surface area contributed by atoms with Gasteiger partial charge in [0.1, 0.15) is 0 Å². The van der Waals surface area contributed by atoms with Crippen LogP contribution < -0.4 is 0 Å². The van der Waals surface area contributed by atoms with Crippen LogP contribution in [-0.2, 0) is 4.74 Å². The highest BCUT2D eigenvalue weighted by Crippen LogP contribution is 2.46. The first-order chi connectivity index (χ1) is 6.72. The third-order valence-corrected chi connectivity index (χ3v) is 4.32. The van der Waals surface area contributed by atoms with Gasteiger partial charge in [-0.05, 0) is 42.9 Å². The second kappa shape index (κ2) is 4.22. The largest absolute Gasteiger partial charge is 0.381 e. The molecule has 1 aliphatic heterocycles. The number of ether oxygens (including phenoxy) is 1. The van der Waals surface area contributed by atoms with E-state index in [0.717, 1.165) is 25.0 Å². The van der Waals surface area contributed by atoms with E-state index in [1.165, 1.54) is 38.5 Å². The highest BCUT2D eigenvalue weighted by atomic mass is 16.5. The second-order valence-corrected chi connectivity index (χ2v) is 5.76. The van der Waals surface area contributed by atoms with Crippen LogP contribution in [-0.4, -0.2) is 13.2 Å². The molecule has 1 saturated heterocycles. The molecule has 1 nitrogen and oxygen atoms in total. The van der Waals surface area contributed by atoms with Gasteiger partial charge in [0.15, 0.2) is 0 Å². The fraction of sp³-hybridized carbons (Fsp3) is 1.00. The second-order valence-electron chi connectivity index (χ2n) is 5.76. The van der Waals surface area contributed by atoms with Crippen LogP contribution in [0.1, 0.15) is 52.4 Å². The Morgan fingerprint density at radius 3 is 2.64 bits per heavy atom. The van der Waals surface area contributed by atoms with Crippen LogP contribution in [0.3, 0.4) is 0 Å². The normalized spacial score (nSPS) is 39.2. The van der Waals surface area contributed by atoms with Crippen LogP contribution >= 0.6 is 0 Å². The van der Waals surface area contributed by atoms with E-state index < -0.39 is 0 Å². The average molecular weight is 196 g/mol. The minimum Gasteiger partial charge on any atom is -0.381 e. The van der Waals surface area contributed by atoms with Crippen molar-refractivity contribution in [2.45, 2.75) is 52.4 Å². The molecule has 14 heavy (non-hydrogen) atoms. The van der Waals surface area contributed by atoms with Crippen LogP contribution in [0.5, 0.6) is 0 Å². The number of hydrogen-bond donors (Lipinski definition) is 0. The Bertz CT molecular complexity index is 174. The summed E-state index contributed by atoms with van der Waals surface area (Å²) < 4.78 is 5.69. The molecule has 1 heterocycles. The summed E-state index contributed by atoms with van der Waals surface area (Å²) in [6.07, 6.45) is 8.48. The SMILES string of the molecule is CC(C)C1CCCC2(CCCOC2)C1. The molecule has 1 spiro atoms. The molecule has 1 aliphatic carbocycles. The van der Waals surface area contributed by atoms with Crippen molar-refractivity contribution in [3.8, 4) is 0 Å². The first kappa shape index (κ1) is 10.5. The van der Waals surface area contributed by atoms with Gasteiger partial charge in [-0.3, -0.25) is 0 Å². The van der Waals surface area contributed by atoms with Crippen molar-refractivity contribution in [3.05, 3.63) is 0 Å². The van der Waals surface area contributed by atoms with Gasteiger partial charge in [0, 0.05) is 6.61 Å². The fourth-order valence-electron chi connectivity index (χ4n) is 3.34. The van der Waals surface area contributed by atoms with E-state index in [1.54, 1.807) is 0 Å². The molecule has 2 atom stereocenters. The third kappa shape index (κ3) is 2.13. The Labute approximate surface area is 88.2 Å². The van der Waals surface area contributed by atoms with Crippen molar-refractivity contribution in [1.29, 1.82) is 0 Å². The molecule has 82 valence electrons. The first-order valence-electron chi connectivity index (χ1n) is 6.30. The van der Waals surface area contributed by atoms with E-state index in [0.29, 0.717) is 5.41 Å². The lowest BCUT2D eigenvalue weighted by Gasteiger charge is -2.44. The van der Waals surface area contributed by atoms with Gasteiger partial charge in [0.05, 0.1) is 6.61 Å². The van der Waals surface area contributed by atoms with Gasteiger partial charge in [0.25, 0.3) is 0 Å². The van der Waals surface area contributed by atoms with Gasteiger partial charge in [0.2, 0.25) is 0 Å². The Kier molecular flexibility index (Phi) is 3.16. The van der Waals surface area contributed by atoms with Crippen molar-refractivity contribution in [2.24, 2.45) is 17.3 Å². The van der Waals surface area contributed by atoms with Crippen LogP contribution in [0.15, 0.2) is 0 Å². The van der Waals surface area contributed by atoms with E-state index in [2.05, 4.69) is 13.8 Å². The molecule has 0 bridgehead atoms. The minimum absolute atomic E-state index is 0.589. The summed E-state index contributed by atoms with van der Waals surface area (Å²) in [5.41, 5.74) is 0.589. The molecule has 2 unspecified atom stereocenters. The zero-order valence-corrected chi connectivity index (χ0v) is 9.72. The zero-order chi connectivity index (χ0) is 10.0. The highest BCUT2D eigenvalue weighted by Gasteiger charge is 2.38. The van der Waals surface area contributed by atoms with E-state index in [1.807, 2.05) is 0 Å². The lowest BCUT2D eigenvalue weighted by atomic mass is 9.65. The molecule has 1 saturated carbocycles. The molecule has 0 radical (unpaired) electrons. The molecule has 1 heteroatoms. The van der Waals surface area contributed by atoms with Crippen molar-refractivity contribution in [1.82, 2.24) is 0 Å². The molecule has 0 N–H and O–H groups in total. The standard InChI is InChI=1S/C13H24O/c1-11(2)12-5-3-6-13(9-12)7-4-8-14-10-13/h11-12H,3-10H2,1-2H3. The predicted octanol–water partition coefficient (Wildman–Crippen LogP) is 3.63. The van der Waals surface area contributed by atoms with Gasteiger partial charge in [-0.1, -0.05) is 26.7 Å². The molecule has 0 amide bonds. The maximum atomic E-state index is 5.69. The summed E-state index contributed by atoms with van der Waals surface area (Å²) in [5.74, 6) is 1.83. The first-order valence-corrected chi connectivity index (χ1v) is 6.30. The number of rotatable bonds is 1. The van der Waals surface area contributed by atoms with Crippen LogP contribution in [0, 0.1) is 17.3 Å². The van der Waals surface area contributed by atoms with Gasteiger partial charge in [-0.25, -0.2) is 0 Å². The van der Waals surface area contributed by atoms with Crippen molar-refractivity contribution in [3.63, 3.8) is 0 Å². The lowest BCUT2D eigenvalue weighted by molar-refractivity contribution is -0.0452. The molecule has 0 aromatic rings. The summed E-state index contributed by atoms with van der Waals surface area (Å²) in [5, 5.41) is 0. The monoisotopic (exact) mass is 196 g/mol. The maximum absolute atomic E-state index is 5.69. The molecule has 0 aromatic heterocycles. The molecule has 2 aliphatic rings. The fourth-order valence-corrected chi connectivity index (χ4v) is 3.34. The van der Waals surface area contributed by atoms with Crippen LogP contribution in [0.25, 0.3) is 0 Å². The summed E-state index contributed by atoms with van der Waals surface area (Å²) >= 11 is 0. The predicted molar refractivity (Wildman–Crippen MR) is 59.3 cm³/mol. The molecule has 2 fully saturated rings. The van der Waals surface area contributed by atoms with Gasteiger partial charge < -0.3 is 4.74 Å². The third-order valence-electron chi connectivity index (χ3n) is 4.32. The highest BCUT2D eigenvalue weighted by molar-refractivity contribution is 4.88. The summed E-state index contributed by atoms with van der Waals surface area (Å²) in [6.45, 7) is 6.82. The van der Waals surface area contributed by atoms with Crippen molar-refractivity contribution >= 4 is 0 Å². The van der Waals surface area contributed by atoms with Crippen LogP contribution in [0.2, 0.25) is 0 Å². The van der Waals surface area contributed by atoms with Crippen LogP contribution in [0.4, 0.5) is 0 Å². The summed E-state index contributed by atoms with van der Waals surface area (Å²) in [4.78, 5) is 0. The molecule has 0 aromatic carbocycles. The quantitative estimate of drug-likeness (QED) is 0.622. The Balaban J connectivity index is 1.97. The number of hydrogen-bond acceptors (Lipinski definition) is 1. The Morgan fingerprint density at radius 1 is 1.21 bits per heavy atom. The van der Waals surface area contributed by atoms with E-state index in [-0.39, 0.29) is 0 Å². The minimum atomic E-state index is 0.589. The van der Waals surface area contributed by atoms with Gasteiger partial charge >= 0.3 is 0 Å². The Hall–Kier alpha value is -0.0400. The molecule has 2 rings (SSSR count). The summed E-state index contributed by atoms with van der Waals surface area (Å²) in [6, 6.07) is 0. The molecular weight excluding hydrogens is 172 g/mol. The van der Waals surface area contributed by atoms with Crippen molar-refractivity contribution < 1.29 is 4.74 Å². The van der Waals surface area contributed by atoms with E-state index in [4.69, 9.17) is 4.74 Å².